The second kappa shape index (κ2) is 6.93. The monoisotopic (exact) mass is 304 g/mol. The summed E-state index contributed by atoms with van der Waals surface area (Å²) in [7, 11) is 0. The van der Waals surface area contributed by atoms with Crippen molar-refractivity contribution in [2.24, 2.45) is 0 Å². The van der Waals surface area contributed by atoms with Crippen LogP contribution in [0.25, 0.3) is 0 Å². The zero-order valence-electron chi connectivity index (χ0n) is 10.5. The van der Waals surface area contributed by atoms with Crippen molar-refractivity contribution < 1.29 is 4.79 Å². The van der Waals surface area contributed by atoms with Crippen LogP contribution in [0.2, 0.25) is 0 Å². The topological polar surface area (TPSA) is 91.8 Å². The first-order valence-electron chi connectivity index (χ1n) is 5.77. The van der Waals surface area contributed by atoms with E-state index in [1.807, 2.05) is 12.1 Å². The maximum Gasteiger partial charge on any atom is 0.234 e. The number of hydrogen-bond donors (Lipinski definition) is 2. The second-order valence-electron chi connectivity index (χ2n) is 3.89. The van der Waals surface area contributed by atoms with Crippen LogP contribution in [0.5, 0.6) is 0 Å². The highest BCUT2D eigenvalue weighted by molar-refractivity contribution is 8.01. The molecule has 0 aliphatic carbocycles. The summed E-state index contributed by atoms with van der Waals surface area (Å²) in [4.78, 5) is 15.7. The van der Waals surface area contributed by atoms with Crippen LogP contribution in [-0.4, -0.2) is 16.6 Å². The molecule has 2 aromatic rings. The number of nitrogens with one attached hydrogen (secondary N) is 1. The zero-order valence-corrected chi connectivity index (χ0v) is 12.1. The van der Waals surface area contributed by atoms with Crippen LogP contribution in [0, 0.1) is 11.3 Å². The van der Waals surface area contributed by atoms with E-state index >= 15 is 0 Å². The summed E-state index contributed by atoms with van der Waals surface area (Å²) in [6, 6.07) is 9.32. The molecule has 1 aromatic carbocycles. The lowest BCUT2D eigenvalue weighted by atomic mass is 10.1. The molecule has 0 bridgehead atoms. The van der Waals surface area contributed by atoms with Crippen molar-refractivity contribution in [1.82, 2.24) is 4.98 Å². The number of nitrogens with two attached hydrogens (primary N) is 1. The molecule has 0 aliphatic heterocycles. The van der Waals surface area contributed by atoms with Crippen molar-refractivity contribution in [1.29, 1.82) is 5.26 Å². The van der Waals surface area contributed by atoms with Gasteiger partial charge in [-0.25, -0.2) is 4.98 Å². The maximum atomic E-state index is 11.8. The molecule has 20 heavy (non-hydrogen) atoms. The van der Waals surface area contributed by atoms with Crippen molar-refractivity contribution >= 4 is 39.8 Å². The molecule has 102 valence electrons. The predicted octanol–water partition coefficient (Wildman–Crippen LogP) is 2.52. The third kappa shape index (κ3) is 4.26. The predicted molar refractivity (Wildman–Crippen MR) is 81.6 cm³/mol. The van der Waals surface area contributed by atoms with Crippen LogP contribution < -0.4 is 11.1 Å². The van der Waals surface area contributed by atoms with E-state index in [0.29, 0.717) is 17.3 Å². The van der Waals surface area contributed by atoms with Crippen LogP contribution in [0.3, 0.4) is 0 Å². The number of aromatic nitrogens is 1. The van der Waals surface area contributed by atoms with E-state index in [4.69, 9.17) is 11.0 Å². The SMILES string of the molecule is N#CCc1ccc(NC(=O)CSc2cnc(N)s2)cc1. The number of thiazole rings is 1. The molecule has 0 saturated carbocycles. The van der Waals surface area contributed by atoms with Crippen molar-refractivity contribution in [3.63, 3.8) is 0 Å². The van der Waals surface area contributed by atoms with Crippen LogP contribution in [0.1, 0.15) is 5.56 Å². The van der Waals surface area contributed by atoms with Crippen LogP contribution >= 0.6 is 23.1 Å². The van der Waals surface area contributed by atoms with Gasteiger partial charge in [0.15, 0.2) is 5.13 Å². The molecular weight excluding hydrogens is 292 g/mol. The van der Waals surface area contributed by atoms with Gasteiger partial charge < -0.3 is 11.1 Å². The summed E-state index contributed by atoms with van der Waals surface area (Å²) in [5, 5.41) is 11.9. The molecule has 3 N–H and O–H groups in total. The van der Waals surface area contributed by atoms with Crippen molar-refractivity contribution in [3.05, 3.63) is 36.0 Å². The molecule has 0 unspecified atom stereocenters. The summed E-state index contributed by atoms with van der Waals surface area (Å²) in [5.74, 6) is 0.219. The molecule has 0 aliphatic rings. The van der Waals surface area contributed by atoms with Crippen molar-refractivity contribution in [2.75, 3.05) is 16.8 Å². The van der Waals surface area contributed by atoms with Gasteiger partial charge in [0.1, 0.15) is 0 Å². The van der Waals surface area contributed by atoms with Gasteiger partial charge in [0.05, 0.1) is 28.6 Å². The Kier molecular flexibility index (Phi) is 4.98. The molecule has 1 heterocycles. The Balaban J connectivity index is 1.83. The van der Waals surface area contributed by atoms with E-state index < -0.39 is 0 Å². The highest BCUT2D eigenvalue weighted by Crippen LogP contribution is 2.26. The van der Waals surface area contributed by atoms with Gasteiger partial charge in [-0.1, -0.05) is 23.5 Å². The van der Waals surface area contributed by atoms with Gasteiger partial charge in [-0.3, -0.25) is 4.79 Å². The number of nitriles is 1. The second-order valence-corrected chi connectivity index (χ2v) is 6.22. The third-order valence-corrected chi connectivity index (χ3v) is 4.39. The lowest BCUT2D eigenvalue weighted by Gasteiger charge is -2.04. The highest BCUT2D eigenvalue weighted by Gasteiger charge is 2.06. The average molecular weight is 304 g/mol. The minimum Gasteiger partial charge on any atom is -0.375 e. The normalized spacial score (nSPS) is 9.95. The summed E-state index contributed by atoms with van der Waals surface area (Å²) in [6.07, 6.45) is 2.03. The van der Waals surface area contributed by atoms with Gasteiger partial charge in [0.25, 0.3) is 0 Å². The molecule has 2 rings (SSSR count). The number of benzene rings is 1. The van der Waals surface area contributed by atoms with E-state index in [9.17, 15) is 4.79 Å². The lowest BCUT2D eigenvalue weighted by molar-refractivity contribution is -0.113. The Morgan fingerprint density at radius 1 is 1.45 bits per heavy atom. The van der Waals surface area contributed by atoms with Crippen molar-refractivity contribution in [2.45, 2.75) is 10.6 Å². The molecule has 5 nitrogen and oxygen atoms in total. The number of nitrogen functional groups attached to an aromatic ring is 1. The van der Waals surface area contributed by atoms with E-state index in [0.717, 1.165) is 15.5 Å². The standard InChI is InChI=1S/C13H12N4OS2/c14-6-5-9-1-3-10(4-2-9)17-11(18)8-19-12-7-16-13(15)20-12/h1-4,7H,5,8H2,(H2,15,16)(H,17,18). The zero-order chi connectivity index (χ0) is 14.4. The maximum absolute atomic E-state index is 11.8. The Labute approximate surface area is 124 Å². The molecule has 1 aromatic heterocycles. The number of hydrogen-bond acceptors (Lipinski definition) is 6. The number of thioether (sulfide) groups is 1. The average Bonchev–Trinajstić information content (AvgIpc) is 2.85. The number of amides is 1. The highest BCUT2D eigenvalue weighted by atomic mass is 32.2. The summed E-state index contributed by atoms with van der Waals surface area (Å²) in [6.45, 7) is 0. The Hall–Kier alpha value is -2.04. The Bertz CT molecular complexity index is 631. The molecule has 0 saturated heterocycles. The molecule has 1 amide bonds. The minimum atomic E-state index is -0.0880. The smallest absolute Gasteiger partial charge is 0.234 e. The Morgan fingerprint density at radius 2 is 2.20 bits per heavy atom. The first kappa shape index (κ1) is 14.4. The van der Waals surface area contributed by atoms with E-state index in [-0.39, 0.29) is 5.91 Å². The summed E-state index contributed by atoms with van der Waals surface area (Å²) in [5.41, 5.74) is 7.17. The molecule has 0 spiro atoms. The molecule has 0 fully saturated rings. The number of anilines is 2. The third-order valence-electron chi connectivity index (χ3n) is 2.37. The summed E-state index contributed by atoms with van der Waals surface area (Å²) < 4.78 is 0.919. The van der Waals surface area contributed by atoms with Gasteiger partial charge in [-0.05, 0) is 17.7 Å². The van der Waals surface area contributed by atoms with Gasteiger partial charge >= 0.3 is 0 Å². The van der Waals surface area contributed by atoms with E-state index in [1.54, 1.807) is 18.3 Å². The largest absolute Gasteiger partial charge is 0.375 e. The molecule has 0 radical (unpaired) electrons. The number of rotatable bonds is 5. The number of nitrogens with zero attached hydrogens (tertiary/aromatic N) is 2. The molecular formula is C13H12N4OS2. The van der Waals surface area contributed by atoms with Crippen molar-refractivity contribution in [3.8, 4) is 6.07 Å². The van der Waals surface area contributed by atoms with Crippen LogP contribution in [0.4, 0.5) is 10.8 Å². The molecule has 7 heteroatoms. The van der Waals surface area contributed by atoms with Crippen LogP contribution in [-0.2, 0) is 11.2 Å². The van der Waals surface area contributed by atoms with Crippen LogP contribution in [0.15, 0.2) is 34.7 Å². The van der Waals surface area contributed by atoms with Gasteiger partial charge in [-0.2, -0.15) is 5.26 Å². The Morgan fingerprint density at radius 3 is 2.80 bits per heavy atom. The lowest BCUT2D eigenvalue weighted by Crippen LogP contribution is -2.13. The fourth-order valence-corrected chi connectivity index (χ4v) is 3.03. The minimum absolute atomic E-state index is 0.0880. The first-order chi connectivity index (χ1) is 9.67. The number of carbonyl (C=O) groups is 1. The van der Waals surface area contributed by atoms with Gasteiger partial charge in [0, 0.05) is 5.69 Å². The fourth-order valence-electron chi connectivity index (χ4n) is 1.47. The van der Waals surface area contributed by atoms with Gasteiger partial charge in [0.2, 0.25) is 5.91 Å². The van der Waals surface area contributed by atoms with E-state index in [2.05, 4.69) is 16.4 Å². The van der Waals surface area contributed by atoms with E-state index in [1.165, 1.54) is 23.1 Å². The first-order valence-corrected chi connectivity index (χ1v) is 7.57. The quantitative estimate of drug-likeness (QED) is 0.828. The van der Waals surface area contributed by atoms with Gasteiger partial charge in [-0.15, -0.1) is 11.8 Å². The summed E-state index contributed by atoms with van der Waals surface area (Å²) >= 11 is 2.76. The fraction of sp³-hybridized carbons (Fsp3) is 0.154. The molecule has 0 atom stereocenters. The number of carbonyl (C=O) groups excluding carboxylic acids is 1.